The zero-order chi connectivity index (χ0) is 20.9. The highest BCUT2D eigenvalue weighted by Gasteiger charge is 2.23. The number of hydrogen-bond donors (Lipinski definition) is 0. The number of aryl methyl sites for hydroxylation is 2. The molecular formula is C20H22ClN5O3. The van der Waals surface area contributed by atoms with Crippen LogP contribution in [0.3, 0.4) is 0 Å². The summed E-state index contributed by atoms with van der Waals surface area (Å²) in [6, 6.07) is 7.41. The van der Waals surface area contributed by atoms with Gasteiger partial charge in [-0.3, -0.25) is 22.9 Å². The summed E-state index contributed by atoms with van der Waals surface area (Å²) in [7, 11) is 1.63. The molecule has 9 heteroatoms. The van der Waals surface area contributed by atoms with Gasteiger partial charge in [0.1, 0.15) is 0 Å². The lowest BCUT2D eigenvalue weighted by molar-refractivity contribution is 0.137. The molecule has 0 aliphatic carbocycles. The zero-order valence-electron chi connectivity index (χ0n) is 16.8. The summed E-state index contributed by atoms with van der Waals surface area (Å²) in [5.74, 6) is 0.576. The number of imidazole rings is 2. The summed E-state index contributed by atoms with van der Waals surface area (Å²) in [5.41, 5.74) is 2.67. The molecule has 0 atom stereocenters. The molecule has 0 unspecified atom stereocenters. The third-order valence-electron chi connectivity index (χ3n) is 5.27. The fourth-order valence-electron chi connectivity index (χ4n) is 3.65. The SMILES string of the molecule is CCOCCn1c(=O)c2c(nc3n(-c4ccc(Cl)cc4)c(C)c(C)n23)n(C)c1=O. The summed E-state index contributed by atoms with van der Waals surface area (Å²) in [6.07, 6.45) is 0. The molecule has 3 heterocycles. The quantitative estimate of drug-likeness (QED) is 0.469. The third kappa shape index (κ3) is 2.90. The van der Waals surface area contributed by atoms with Crippen LogP contribution in [-0.2, 0) is 18.3 Å². The number of aromatic nitrogens is 5. The van der Waals surface area contributed by atoms with Gasteiger partial charge in [0.15, 0.2) is 11.2 Å². The van der Waals surface area contributed by atoms with Gasteiger partial charge in [0.2, 0.25) is 5.78 Å². The van der Waals surface area contributed by atoms with Crippen molar-refractivity contribution in [3.8, 4) is 5.69 Å². The van der Waals surface area contributed by atoms with Crippen LogP contribution in [0.15, 0.2) is 33.9 Å². The minimum atomic E-state index is -0.407. The number of rotatable bonds is 5. The average Bonchev–Trinajstić information content (AvgIpc) is 3.20. The van der Waals surface area contributed by atoms with E-state index in [9.17, 15) is 9.59 Å². The Bertz CT molecular complexity index is 1340. The van der Waals surface area contributed by atoms with Crippen LogP contribution in [0, 0.1) is 13.8 Å². The molecule has 0 bridgehead atoms. The number of hydrogen-bond acceptors (Lipinski definition) is 4. The van der Waals surface area contributed by atoms with Crippen molar-refractivity contribution in [3.63, 3.8) is 0 Å². The van der Waals surface area contributed by atoms with E-state index in [-0.39, 0.29) is 12.1 Å². The van der Waals surface area contributed by atoms with Crippen molar-refractivity contribution in [3.05, 3.63) is 61.5 Å². The molecule has 0 saturated heterocycles. The number of nitrogens with zero attached hydrogens (tertiary/aromatic N) is 5. The molecule has 0 amide bonds. The number of fused-ring (bicyclic) bond motifs is 3. The van der Waals surface area contributed by atoms with Crippen molar-refractivity contribution in [2.75, 3.05) is 13.2 Å². The van der Waals surface area contributed by atoms with Gasteiger partial charge in [0.25, 0.3) is 5.56 Å². The lowest BCUT2D eigenvalue weighted by atomic mass is 10.3. The Kier molecular flexibility index (Phi) is 4.84. The van der Waals surface area contributed by atoms with Crippen LogP contribution >= 0.6 is 11.6 Å². The highest BCUT2D eigenvalue weighted by molar-refractivity contribution is 6.30. The van der Waals surface area contributed by atoms with Crippen LogP contribution in [-0.4, -0.2) is 36.3 Å². The first-order valence-electron chi connectivity index (χ1n) is 9.40. The molecule has 0 saturated carbocycles. The number of ether oxygens (including phenoxy) is 1. The zero-order valence-corrected chi connectivity index (χ0v) is 17.5. The van der Waals surface area contributed by atoms with Gasteiger partial charge in [-0.1, -0.05) is 11.6 Å². The van der Waals surface area contributed by atoms with E-state index in [0.717, 1.165) is 17.1 Å². The Morgan fingerprint density at radius 3 is 2.45 bits per heavy atom. The standard InChI is InChI=1S/C20H22ClN5O3/c1-5-29-11-10-24-18(27)16-17(23(4)20(24)28)22-19-25(12(2)13(3)26(16)19)15-8-6-14(21)7-9-15/h6-9H,5,10-11H2,1-4H3. The van der Waals surface area contributed by atoms with Crippen LogP contribution < -0.4 is 11.2 Å². The summed E-state index contributed by atoms with van der Waals surface area (Å²) in [6.45, 7) is 6.79. The lowest BCUT2D eigenvalue weighted by Gasteiger charge is -2.08. The summed E-state index contributed by atoms with van der Waals surface area (Å²) < 4.78 is 11.7. The van der Waals surface area contributed by atoms with Crippen molar-refractivity contribution in [2.24, 2.45) is 7.05 Å². The van der Waals surface area contributed by atoms with Crippen LogP contribution in [0.2, 0.25) is 5.02 Å². The van der Waals surface area contributed by atoms with Crippen molar-refractivity contribution in [2.45, 2.75) is 27.3 Å². The van der Waals surface area contributed by atoms with Crippen molar-refractivity contribution >= 4 is 28.5 Å². The molecule has 0 spiro atoms. The normalized spacial score (nSPS) is 11.8. The van der Waals surface area contributed by atoms with Crippen LogP contribution in [0.4, 0.5) is 0 Å². The minimum Gasteiger partial charge on any atom is -0.380 e. The van der Waals surface area contributed by atoms with Gasteiger partial charge in [-0.2, -0.15) is 4.98 Å². The van der Waals surface area contributed by atoms with E-state index in [2.05, 4.69) is 4.98 Å². The highest BCUT2D eigenvalue weighted by atomic mass is 35.5. The van der Waals surface area contributed by atoms with E-state index < -0.39 is 5.69 Å². The second kappa shape index (κ2) is 7.20. The Morgan fingerprint density at radius 2 is 1.79 bits per heavy atom. The number of halogens is 1. The Hall–Kier alpha value is -2.84. The molecule has 8 nitrogen and oxygen atoms in total. The van der Waals surface area contributed by atoms with E-state index in [0.29, 0.717) is 35.2 Å². The van der Waals surface area contributed by atoms with Gasteiger partial charge in [0.05, 0.1) is 13.2 Å². The fraction of sp³-hybridized carbons (Fsp3) is 0.350. The molecule has 3 aromatic heterocycles. The highest BCUT2D eigenvalue weighted by Crippen LogP contribution is 2.25. The molecule has 0 aliphatic heterocycles. The maximum absolute atomic E-state index is 13.2. The number of benzene rings is 1. The van der Waals surface area contributed by atoms with Crippen LogP contribution in [0.5, 0.6) is 0 Å². The van der Waals surface area contributed by atoms with Gasteiger partial charge < -0.3 is 4.74 Å². The summed E-state index contributed by atoms with van der Waals surface area (Å²) in [5, 5.41) is 0.638. The van der Waals surface area contributed by atoms with E-state index in [4.69, 9.17) is 16.3 Å². The third-order valence-corrected chi connectivity index (χ3v) is 5.52. The average molecular weight is 416 g/mol. The molecule has 0 fully saturated rings. The van der Waals surface area contributed by atoms with Gasteiger partial charge in [0, 0.05) is 35.8 Å². The molecule has 4 aromatic rings. The van der Waals surface area contributed by atoms with Crippen LogP contribution in [0.1, 0.15) is 18.3 Å². The summed E-state index contributed by atoms with van der Waals surface area (Å²) in [4.78, 5) is 30.6. The molecule has 0 radical (unpaired) electrons. The predicted octanol–water partition coefficient (Wildman–Crippen LogP) is 2.45. The van der Waals surface area contributed by atoms with Crippen molar-refractivity contribution in [1.29, 1.82) is 0 Å². The van der Waals surface area contributed by atoms with Gasteiger partial charge in [-0.15, -0.1) is 0 Å². The Labute approximate surface area is 171 Å². The van der Waals surface area contributed by atoms with E-state index in [1.807, 2.05) is 41.9 Å². The largest absolute Gasteiger partial charge is 0.380 e. The minimum absolute atomic E-state index is 0.193. The predicted molar refractivity (Wildman–Crippen MR) is 113 cm³/mol. The van der Waals surface area contributed by atoms with Crippen molar-refractivity contribution < 1.29 is 4.74 Å². The molecule has 29 heavy (non-hydrogen) atoms. The van der Waals surface area contributed by atoms with Gasteiger partial charge >= 0.3 is 5.69 Å². The van der Waals surface area contributed by atoms with Gasteiger partial charge in [-0.25, -0.2) is 4.79 Å². The maximum atomic E-state index is 13.2. The van der Waals surface area contributed by atoms with E-state index >= 15 is 0 Å². The molecule has 1 aromatic carbocycles. The molecular weight excluding hydrogens is 394 g/mol. The fourth-order valence-corrected chi connectivity index (χ4v) is 3.77. The molecule has 152 valence electrons. The topological polar surface area (TPSA) is 75.5 Å². The van der Waals surface area contributed by atoms with Gasteiger partial charge in [-0.05, 0) is 45.0 Å². The smallest absolute Gasteiger partial charge is 0.332 e. The van der Waals surface area contributed by atoms with Crippen molar-refractivity contribution in [1.82, 2.24) is 23.1 Å². The Balaban J connectivity index is 2.06. The van der Waals surface area contributed by atoms with Crippen LogP contribution in [0.25, 0.3) is 22.6 Å². The Morgan fingerprint density at radius 1 is 1.10 bits per heavy atom. The molecule has 0 N–H and O–H groups in total. The maximum Gasteiger partial charge on any atom is 0.332 e. The monoisotopic (exact) mass is 415 g/mol. The molecule has 4 rings (SSSR count). The van der Waals surface area contributed by atoms with E-state index in [1.165, 1.54) is 9.13 Å². The first-order valence-corrected chi connectivity index (χ1v) is 9.78. The second-order valence-corrected chi connectivity index (χ2v) is 7.33. The molecule has 0 aliphatic rings. The first-order chi connectivity index (χ1) is 13.9. The van der Waals surface area contributed by atoms with E-state index in [1.54, 1.807) is 19.2 Å². The first kappa shape index (κ1) is 19.5. The lowest BCUT2D eigenvalue weighted by Crippen LogP contribution is -2.40. The second-order valence-electron chi connectivity index (χ2n) is 6.90. The summed E-state index contributed by atoms with van der Waals surface area (Å²) >= 11 is 6.03.